The van der Waals surface area contributed by atoms with Gasteiger partial charge >= 0.3 is 0 Å². The van der Waals surface area contributed by atoms with Crippen molar-refractivity contribution >= 4 is 28.8 Å². The lowest BCUT2D eigenvalue weighted by Gasteiger charge is -2.40. The first-order valence-electron chi connectivity index (χ1n) is 10.3. The second-order valence-electron chi connectivity index (χ2n) is 8.07. The normalized spacial score (nSPS) is 19.8. The number of nitrogens with one attached hydrogen (secondary N) is 1. The van der Waals surface area contributed by atoms with Crippen molar-refractivity contribution in [3.8, 4) is 0 Å². The van der Waals surface area contributed by atoms with Crippen molar-refractivity contribution in [2.45, 2.75) is 45.7 Å². The summed E-state index contributed by atoms with van der Waals surface area (Å²) in [6, 6.07) is 12.2. The smallest absolute Gasteiger partial charge is 0.227 e. The van der Waals surface area contributed by atoms with Gasteiger partial charge in [0.05, 0.1) is 12.0 Å². The Morgan fingerprint density at radius 2 is 2.00 bits per heavy atom. The molecule has 2 heterocycles. The monoisotopic (exact) mass is 413 g/mol. The number of rotatable bonds is 7. The van der Waals surface area contributed by atoms with Gasteiger partial charge in [-0.15, -0.1) is 11.3 Å². The minimum Gasteiger partial charge on any atom is -0.354 e. The minimum absolute atomic E-state index is 0.0326. The van der Waals surface area contributed by atoms with E-state index in [2.05, 4.69) is 31.1 Å². The number of carbonyl (C=O) groups is 2. The zero-order valence-corrected chi connectivity index (χ0v) is 18.5. The van der Waals surface area contributed by atoms with Crippen LogP contribution in [-0.2, 0) is 9.59 Å². The molecule has 1 aliphatic rings. The number of aryl methyl sites for hydroxylation is 1. The topological polar surface area (TPSA) is 52.7 Å². The number of hydrogen-bond donors (Lipinski definition) is 1. The fraction of sp³-hybridized carbons (Fsp3) is 0.478. The van der Waals surface area contributed by atoms with E-state index in [1.54, 1.807) is 11.3 Å². The lowest BCUT2D eigenvalue weighted by Crippen LogP contribution is -2.49. The molecule has 3 rings (SSSR count). The van der Waals surface area contributed by atoms with Crippen molar-refractivity contribution in [1.29, 1.82) is 0 Å². The highest BCUT2D eigenvalue weighted by Crippen LogP contribution is 2.41. The molecule has 5 nitrogen and oxygen atoms in total. The van der Waals surface area contributed by atoms with Gasteiger partial charge in [-0.2, -0.15) is 0 Å². The van der Waals surface area contributed by atoms with Gasteiger partial charge in [-0.05, 0) is 57.8 Å². The summed E-state index contributed by atoms with van der Waals surface area (Å²) < 4.78 is 0. The first-order valence-corrected chi connectivity index (χ1v) is 11.2. The molecular formula is C23H31N3O2S. The van der Waals surface area contributed by atoms with Crippen molar-refractivity contribution in [3.63, 3.8) is 0 Å². The van der Waals surface area contributed by atoms with Crippen LogP contribution in [0.15, 0.2) is 41.8 Å². The highest BCUT2D eigenvalue weighted by atomic mass is 32.1. The molecule has 0 bridgehead atoms. The molecular weight excluding hydrogens is 382 g/mol. The van der Waals surface area contributed by atoms with Crippen LogP contribution >= 0.6 is 11.3 Å². The molecule has 2 atom stereocenters. The first-order chi connectivity index (χ1) is 13.9. The van der Waals surface area contributed by atoms with E-state index < -0.39 is 0 Å². The van der Waals surface area contributed by atoms with Crippen LogP contribution in [0, 0.1) is 12.8 Å². The van der Waals surface area contributed by atoms with Gasteiger partial charge in [-0.1, -0.05) is 23.8 Å². The second-order valence-corrected chi connectivity index (χ2v) is 9.05. The van der Waals surface area contributed by atoms with Gasteiger partial charge in [0.1, 0.15) is 0 Å². The third-order valence-corrected chi connectivity index (χ3v) is 6.67. The minimum atomic E-state index is -0.262. The maximum absolute atomic E-state index is 13.1. The molecule has 0 aliphatic carbocycles. The van der Waals surface area contributed by atoms with Crippen molar-refractivity contribution in [2.24, 2.45) is 5.92 Å². The SMILES string of the molecule is Cc1ccc(N2C(=O)CCC(C(=O)NCCN(C)C(C)C)C2c2cccs2)cc1. The Labute approximate surface area is 177 Å². The lowest BCUT2D eigenvalue weighted by molar-refractivity contribution is -0.129. The molecule has 0 radical (unpaired) electrons. The average molecular weight is 414 g/mol. The van der Waals surface area contributed by atoms with Crippen molar-refractivity contribution in [3.05, 3.63) is 52.2 Å². The molecule has 2 unspecified atom stereocenters. The molecule has 0 saturated carbocycles. The second kappa shape index (κ2) is 9.55. The average Bonchev–Trinajstić information content (AvgIpc) is 3.22. The number of carbonyl (C=O) groups excluding carboxylic acids is 2. The van der Waals surface area contributed by atoms with Crippen LogP contribution in [0.5, 0.6) is 0 Å². The molecule has 1 saturated heterocycles. The number of amides is 2. The van der Waals surface area contributed by atoms with Gasteiger partial charge in [-0.25, -0.2) is 0 Å². The quantitative estimate of drug-likeness (QED) is 0.747. The fourth-order valence-corrected chi connectivity index (χ4v) is 4.59. The van der Waals surface area contributed by atoms with Gasteiger partial charge in [0.25, 0.3) is 0 Å². The van der Waals surface area contributed by atoms with Crippen molar-refractivity contribution in [1.82, 2.24) is 10.2 Å². The molecule has 1 aromatic carbocycles. The predicted octanol–water partition coefficient (Wildman–Crippen LogP) is 4.00. The van der Waals surface area contributed by atoms with Crippen LogP contribution in [0.3, 0.4) is 0 Å². The molecule has 1 fully saturated rings. The standard InChI is InChI=1S/C23H31N3O2S/c1-16(2)25(4)14-13-24-23(28)19-11-12-21(27)26(18-9-7-17(3)8-10-18)22(19)20-6-5-15-29-20/h5-10,15-16,19,22H,11-14H2,1-4H3,(H,24,28). The number of likely N-dealkylation sites (N-methyl/N-ethyl adjacent to an activating group) is 1. The van der Waals surface area contributed by atoms with Crippen LogP contribution in [0.2, 0.25) is 0 Å². The van der Waals surface area contributed by atoms with E-state index in [4.69, 9.17) is 0 Å². The largest absolute Gasteiger partial charge is 0.354 e. The Balaban J connectivity index is 1.83. The third kappa shape index (κ3) is 5.06. The van der Waals surface area contributed by atoms with Crippen LogP contribution < -0.4 is 10.2 Å². The van der Waals surface area contributed by atoms with Crippen LogP contribution in [0.25, 0.3) is 0 Å². The maximum Gasteiger partial charge on any atom is 0.227 e. The molecule has 6 heteroatoms. The molecule has 2 aromatic rings. The Bertz CT molecular complexity index is 817. The van der Waals surface area contributed by atoms with Gasteiger partial charge in [0.2, 0.25) is 11.8 Å². The molecule has 2 amide bonds. The van der Waals surface area contributed by atoms with E-state index in [9.17, 15) is 9.59 Å². The summed E-state index contributed by atoms with van der Waals surface area (Å²) in [5.41, 5.74) is 2.01. The summed E-state index contributed by atoms with van der Waals surface area (Å²) in [5.74, 6) is -0.141. The molecule has 29 heavy (non-hydrogen) atoms. The predicted molar refractivity (Wildman–Crippen MR) is 119 cm³/mol. The number of thiophene rings is 1. The van der Waals surface area contributed by atoms with Crippen molar-refractivity contribution in [2.75, 3.05) is 25.0 Å². The number of nitrogens with zero attached hydrogens (tertiary/aromatic N) is 2. The summed E-state index contributed by atoms with van der Waals surface area (Å²) in [6.45, 7) is 7.73. The Hall–Kier alpha value is -2.18. The summed E-state index contributed by atoms with van der Waals surface area (Å²) in [5, 5.41) is 5.12. The van der Waals surface area contributed by atoms with Gasteiger partial charge in [-0.3, -0.25) is 9.59 Å². The van der Waals surface area contributed by atoms with Crippen LogP contribution in [-0.4, -0.2) is 42.9 Å². The van der Waals surface area contributed by atoms with Gasteiger partial charge in [0.15, 0.2) is 0 Å². The van der Waals surface area contributed by atoms with E-state index in [1.807, 2.05) is 53.6 Å². The zero-order valence-electron chi connectivity index (χ0n) is 17.7. The van der Waals surface area contributed by atoms with E-state index >= 15 is 0 Å². The number of piperidine rings is 1. The summed E-state index contributed by atoms with van der Waals surface area (Å²) >= 11 is 1.60. The van der Waals surface area contributed by atoms with Crippen LogP contribution in [0.4, 0.5) is 5.69 Å². The summed E-state index contributed by atoms with van der Waals surface area (Å²) in [4.78, 5) is 31.1. The Morgan fingerprint density at radius 3 is 2.62 bits per heavy atom. The zero-order chi connectivity index (χ0) is 21.0. The number of anilines is 1. The Kier molecular flexibility index (Phi) is 7.09. The van der Waals surface area contributed by atoms with Crippen molar-refractivity contribution < 1.29 is 9.59 Å². The molecule has 1 aromatic heterocycles. The number of hydrogen-bond acceptors (Lipinski definition) is 4. The van der Waals surface area contributed by atoms with Gasteiger partial charge < -0.3 is 15.1 Å². The molecule has 1 aliphatic heterocycles. The Morgan fingerprint density at radius 1 is 1.28 bits per heavy atom. The molecule has 1 N–H and O–H groups in total. The van der Waals surface area contributed by atoms with Gasteiger partial charge in [0, 0.05) is 36.1 Å². The highest BCUT2D eigenvalue weighted by molar-refractivity contribution is 7.10. The van der Waals surface area contributed by atoms with E-state index in [1.165, 1.54) is 0 Å². The van der Waals surface area contributed by atoms with Crippen LogP contribution in [0.1, 0.15) is 43.2 Å². The van der Waals surface area contributed by atoms with E-state index in [0.717, 1.165) is 22.7 Å². The van der Waals surface area contributed by atoms with E-state index in [0.29, 0.717) is 25.4 Å². The summed E-state index contributed by atoms with van der Waals surface area (Å²) in [6.07, 6.45) is 0.968. The highest BCUT2D eigenvalue weighted by Gasteiger charge is 2.41. The van der Waals surface area contributed by atoms with E-state index in [-0.39, 0.29) is 23.8 Å². The first kappa shape index (κ1) is 21.5. The third-order valence-electron chi connectivity index (χ3n) is 5.73. The maximum atomic E-state index is 13.1. The lowest BCUT2D eigenvalue weighted by atomic mass is 9.86. The molecule has 156 valence electrons. The fourth-order valence-electron chi connectivity index (χ4n) is 3.71. The molecule has 0 spiro atoms. The summed E-state index contributed by atoms with van der Waals surface area (Å²) in [7, 11) is 2.06. The number of benzene rings is 1.